The maximum absolute atomic E-state index is 13.3. The fourth-order valence-electron chi connectivity index (χ4n) is 4.02. The van der Waals surface area contributed by atoms with E-state index in [1.54, 1.807) is 0 Å². The number of carbonyl (C=O) groups excluding carboxylic acids is 1. The Morgan fingerprint density at radius 3 is 2.17 bits per heavy atom. The average molecular weight is 389 g/mol. The molecule has 0 bridgehead atoms. The predicted molar refractivity (Wildman–Crippen MR) is 117 cm³/mol. The van der Waals surface area contributed by atoms with E-state index in [9.17, 15) is 4.79 Å². The maximum Gasteiger partial charge on any atom is 0.257 e. The van der Waals surface area contributed by atoms with E-state index in [0.29, 0.717) is 0 Å². The summed E-state index contributed by atoms with van der Waals surface area (Å²) in [5, 5.41) is 4.64. The molecular weight excluding hydrogens is 360 g/mol. The lowest BCUT2D eigenvalue weighted by molar-refractivity contribution is 0.0745. The number of anilines is 1. The molecule has 1 aliphatic heterocycles. The fraction of sp³-hybridized carbons (Fsp3) is 0.333. The second-order valence-electron chi connectivity index (χ2n) is 7.84. The van der Waals surface area contributed by atoms with Gasteiger partial charge in [0.25, 0.3) is 5.91 Å². The van der Waals surface area contributed by atoms with Crippen LogP contribution in [-0.2, 0) is 0 Å². The van der Waals surface area contributed by atoms with Gasteiger partial charge in [-0.15, -0.1) is 0 Å². The Morgan fingerprint density at radius 1 is 0.828 bits per heavy atom. The highest BCUT2D eigenvalue weighted by molar-refractivity contribution is 5.96. The SMILES string of the molecule is Cc1ccc(N2CCN(C(=O)c3c(C)nn(-c4ccccc4)c3C)CC2)cc1C. The summed E-state index contributed by atoms with van der Waals surface area (Å²) < 4.78 is 1.87. The van der Waals surface area contributed by atoms with E-state index in [2.05, 4.69) is 42.0 Å². The first kappa shape index (κ1) is 19.2. The van der Waals surface area contributed by atoms with E-state index in [-0.39, 0.29) is 5.91 Å². The van der Waals surface area contributed by atoms with Crippen LogP contribution < -0.4 is 4.90 Å². The Balaban J connectivity index is 1.50. The summed E-state index contributed by atoms with van der Waals surface area (Å²) in [5.74, 6) is 0.0851. The molecule has 0 unspecified atom stereocenters. The molecule has 0 radical (unpaired) electrons. The van der Waals surface area contributed by atoms with Gasteiger partial charge in [0.15, 0.2) is 0 Å². The van der Waals surface area contributed by atoms with Gasteiger partial charge in [0.1, 0.15) is 0 Å². The molecule has 1 amide bonds. The van der Waals surface area contributed by atoms with Crippen LogP contribution in [-0.4, -0.2) is 46.8 Å². The minimum absolute atomic E-state index is 0.0851. The fourth-order valence-corrected chi connectivity index (χ4v) is 4.02. The summed E-state index contributed by atoms with van der Waals surface area (Å²) in [6, 6.07) is 16.6. The van der Waals surface area contributed by atoms with E-state index < -0.39 is 0 Å². The van der Waals surface area contributed by atoms with E-state index in [1.165, 1.54) is 16.8 Å². The molecule has 5 nitrogen and oxygen atoms in total. The van der Waals surface area contributed by atoms with Crippen molar-refractivity contribution in [2.45, 2.75) is 27.7 Å². The smallest absolute Gasteiger partial charge is 0.257 e. The maximum atomic E-state index is 13.3. The molecule has 0 saturated carbocycles. The zero-order valence-corrected chi connectivity index (χ0v) is 17.6. The van der Waals surface area contributed by atoms with Gasteiger partial charge in [-0.2, -0.15) is 5.10 Å². The monoisotopic (exact) mass is 388 g/mol. The highest BCUT2D eigenvalue weighted by atomic mass is 16.2. The van der Waals surface area contributed by atoms with Gasteiger partial charge < -0.3 is 9.80 Å². The highest BCUT2D eigenvalue weighted by Crippen LogP contribution is 2.23. The third-order valence-corrected chi connectivity index (χ3v) is 5.93. The van der Waals surface area contributed by atoms with Crippen molar-refractivity contribution in [3.05, 3.63) is 76.6 Å². The van der Waals surface area contributed by atoms with Gasteiger partial charge in [-0.1, -0.05) is 24.3 Å². The number of nitrogens with zero attached hydrogens (tertiary/aromatic N) is 4. The van der Waals surface area contributed by atoms with E-state index in [1.807, 2.05) is 53.8 Å². The molecule has 0 atom stereocenters. The topological polar surface area (TPSA) is 41.4 Å². The summed E-state index contributed by atoms with van der Waals surface area (Å²) in [6.07, 6.45) is 0. The Bertz CT molecular complexity index is 1030. The second-order valence-corrected chi connectivity index (χ2v) is 7.84. The third-order valence-electron chi connectivity index (χ3n) is 5.93. The van der Waals surface area contributed by atoms with E-state index in [4.69, 9.17) is 0 Å². The molecule has 29 heavy (non-hydrogen) atoms. The van der Waals surface area contributed by atoms with Gasteiger partial charge in [-0.25, -0.2) is 4.68 Å². The van der Waals surface area contributed by atoms with Crippen molar-refractivity contribution in [1.29, 1.82) is 0 Å². The summed E-state index contributed by atoms with van der Waals surface area (Å²) in [6.45, 7) is 11.3. The molecule has 150 valence electrons. The quantitative estimate of drug-likeness (QED) is 0.679. The van der Waals surface area contributed by atoms with Crippen molar-refractivity contribution in [3.8, 4) is 5.69 Å². The van der Waals surface area contributed by atoms with Crippen LogP contribution in [0, 0.1) is 27.7 Å². The Morgan fingerprint density at radius 2 is 1.52 bits per heavy atom. The number of aromatic nitrogens is 2. The number of hydrogen-bond acceptors (Lipinski definition) is 3. The zero-order chi connectivity index (χ0) is 20.5. The van der Waals surface area contributed by atoms with Crippen molar-refractivity contribution in [2.24, 2.45) is 0 Å². The Kier molecular flexibility index (Phi) is 5.14. The predicted octanol–water partition coefficient (Wildman–Crippen LogP) is 4.07. The van der Waals surface area contributed by atoms with Gasteiger partial charge in [-0.05, 0) is 63.1 Å². The lowest BCUT2D eigenvalue weighted by atomic mass is 10.1. The molecule has 2 heterocycles. The molecule has 2 aromatic carbocycles. The molecule has 1 aliphatic rings. The minimum Gasteiger partial charge on any atom is -0.368 e. The van der Waals surface area contributed by atoms with Crippen LogP contribution in [0.1, 0.15) is 32.9 Å². The first-order valence-corrected chi connectivity index (χ1v) is 10.2. The number of rotatable bonds is 3. The molecule has 3 aromatic rings. The van der Waals surface area contributed by atoms with Crippen LogP contribution in [0.25, 0.3) is 5.69 Å². The lowest BCUT2D eigenvalue weighted by Crippen LogP contribution is -2.49. The number of piperazine rings is 1. The molecule has 1 fully saturated rings. The van der Waals surface area contributed by atoms with Gasteiger partial charge in [-0.3, -0.25) is 4.79 Å². The standard InChI is InChI=1S/C24H28N4O/c1-17-10-11-22(16-18(17)2)26-12-14-27(15-13-26)24(29)23-19(3)25-28(20(23)4)21-8-6-5-7-9-21/h5-11,16H,12-15H2,1-4H3. The molecule has 1 aromatic heterocycles. The summed E-state index contributed by atoms with van der Waals surface area (Å²) in [5.41, 5.74) is 7.25. The number of hydrogen-bond donors (Lipinski definition) is 0. The molecule has 0 spiro atoms. The van der Waals surface area contributed by atoms with Crippen LogP contribution in [0.15, 0.2) is 48.5 Å². The molecule has 5 heteroatoms. The van der Waals surface area contributed by atoms with Gasteiger partial charge in [0.2, 0.25) is 0 Å². The number of carbonyl (C=O) groups is 1. The molecule has 0 aliphatic carbocycles. The zero-order valence-electron chi connectivity index (χ0n) is 17.6. The number of para-hydroxylation sites is 1. The van der Waals surface area contributed by atoms with Crippen molar-refractivity contribution in [2.75, 3.05) is 31.1 Å². The number of aryl methyl sites for hydroxylation is 3. The van der Waals surface area contributed by atoms with Gasteiger partial charge in [0.05, 0.1) is 22.6 Å². The summed E-state index contributed by atoms with van der Waals surface area (Å²) >= 11 is 0. The molecule has 0 N–H and O–H groups in total. The van der Waals surface area contributed by atoms with Gasteiger partial charge in [0, 0.05) is 31.9 Å². The van der Waals surface area contributed by atoms with Crippen LogP contribution >= 0.6 is 0 Å². The largest absolute Gasteiger partial charge is 0.368 e. The lowest BCUT2D eigenvalue weighted by Gasteiger charge is -2.36. The average Bonchev–Trinajstić information content (AvgIpc) is 3.04. The van der Waals surface area contributed by atoms with Crippen LogP contribution in [0.5, 0.6) is 0 Å². The summed E-state index contributed by atoms with van der Waals surface area (Å²) in [7, 11) is 0. The first-order chi connectivity index (χ1) is 14.0. The van der Waals surface area contributed by atoms with E-state index in [0.717, 1.165) is 48.8 Å². The minimum atomic E-state index is 0.0851. The van der Waals surface area contributed by atoms with Crippen molar-refractivity contribution >= 4 is 11.6 Å². The van der Waals surface area contributed by atoms with Crippen molar-refractivity contribution in [1.82, 2.24) is 14.7 Å². The van der Waals surface area contributed by atoms with Crippen molar-refractivity contribution in [3.63, 3.8) is 0 Å². The van der Waals surface area contributed by atoms with Crippen LogP contribution in [0.2, 0.25) is 0 Å². The Labute approximate surface area is 172 Å². The molecule has 1 saturated heterocycles. The highest BCUT2D eigenvalue weighted by Gasteiger charge is 2.27. The first-order valence-electron chi connectivity index (χ1n) is 10.2. The second kappa shape index (κ2) is 7.74. The van der Waals surface area contributed by atoms with Crippen LogP contribution in [0.4, 0.5) is 5.69 Å². The van der Waals surface area contributed by atoms with Crippen molar-refractivity contribution < 1.29 is 4.79 Å². The molecular formula is C24H28N4O. The molecule has 4 rings (SSSR count). The number of benzene rings is 2. The third kappa shape index (κ3) is 3.65. The summed E-state index contributed by atoms with van der Waals surface area (Å²) in [4.78, 5) is 17.6. The van der Waals surface area contributed by atoms with Crippen LogP contribution in [0.3, 0.4) is 0 Å². The normalized spacial score (nSPS) is 14.3. The Hall–Kier alpha value is -3.08. The number of amides is 1. The van der Waals surface area contributed by atoms with E-state index >= 15 is 0 Å². The van der Waals surface area contributed by atoms with Gasteiger partial charge >= 0.3 is 0 Å².